The van der Waals surface area contributed by atoms with Gasteiger partial charge in [-0.05, 0) is 41.4 Å². The number of anilines is 2. The van der Waals surface area contributed by atoms with E-state index in [1.807, 2.05) is 18.2 Å². The number of nitrogens with zero attached hydrogens (tertiary/aromatic N) is 1. The van der Waals surface area contributed by atoms with Crippen LogP contribution in [0.5, 0.6) is 23.0 Å². The highest BCUT2D eigenvalue weighted by Crippen LogP contribution is 2.53. The van der Waals surface area contributed by atoms with Gasteiger partial charge in [0.15, 0.2) is 5.75 Å². The minimum Gasteiger partial charge on any atom is -0.458 e. The van der Waals surface area contributed by atoms with Gasteiger partial charge in [-0.2, -0.15) is 0 Å². The Labute approximate surface area is 162 Å². The molecule has 4 heteroatoms. The second kappa shape index (κ2) is 4.99. The Morgan fingerprint density at radius 2 is 1.25 bits per heavy atom. The van der Waals surface area contributed by atoms with Gasteiger partial charge in [-0.15, -0.1) is 0 Å². The highest BCUT2D eigenvalue weighted by molar-refractivity contribution is 6.92. The van der Waals surface area contributed by atoms with E-state index in [9.17, 15) is 0 Å². The Hall–Kier alpha value is -3.66. The maximum Gasteiger partial charge on any atom is 0.336 e. The van der Waals surface area contributed by atoms with E-state index in [0.29, 0.717) is 0 Å². The number of para-hydroxylation sites is 4. The molecule has 0 saturated carbocycles. The van der Waals surface area contributed by atoms with Gasteiger partial charge in [-0.25, -0.2) is 0 Å². The summed E-state index contributed by atoms with van der Waals surface area (Å²) in [7, 11) is 0. The van der Waals surface area contributed by atoms with Crippen LogP contribution >= 0.6 is 0 Å². The van der Waals surface area contributed by atoms with Crippen LogP contribution in [-0.4, -0.2) is 6.85 Å². The number of fused-ring (bicyclic) bond motifs is 6. The Morgan fingerprint density at radius 3 is 2.18 bits per heavy atom. The highest BCUT2D eigenvalue weighted by Gasteiger charge is 2.46. The molecule has 0 N–H and O–H groups in total. The largest absolute Gasteiger partial charge is 0.458 e. The molecule has 4 aromatic rings. The Kier molecular flexibility index (Phi) is 2.57. The van der Waals surface area contributed by atoms with Crippen LogP contribution in [-0.2, 0) is 0 Å². The van der Waals surface area contributed by atoms with Crippen molar-refractivity contribution >= 4 is 29.1 Å². The Bertz CT molecular complexity index is 1200. The van der Waals surface area contributed by atoms with E-state index < -0.39 is 0 Å². The average molecular weight is 359 g/mol. The third-order valence-corrected chi connectivity index (χ3v) is 5.91. The van der Waals surface area contributed by atoms with E-state index in [2.05, 4.69) is 71.5 Å². The van der Waals surface area contributed by atoms with Gasteiger partial charge < -0.3 is 14.3 Å². The van der Waals surface area contributed by atoms with Crippen molar-refractivity contribution in [3.8, 4) is 34.1 Å². The monoisotopic (exact) mass is 359 g/mol. The van der Waals surface area contributed by atoms with Crippen LogP contribution in [0, 0.1) is 0 Å². The van der Waals surface area contributed by atoms with Crippen molar-refractivity contribution < 1.29 is 9.47 Å². The number of benzene rings is 4. The van der Waals surface area contributed by atoms with Crippen molar-refractivity contribution in [1.29, 1.82) is 0 Å². The molecule has 0 saturated heterocycles. The summed E-state index contributed by atoms with van der Waals surface area (Å²) >= 11 is 0. The zero-order valence-electron chi connectivity index (χ0n) is 14.9. The molecule has 0 atom stereocenters. The maximum absolute atomic E-state index is 6.31. The van der Waals surface area contributed by atoms with Crippen LogP contribution in [0.25, 0.3) is 11.1 Å². The zero-order valence-corrected chi connectivity index (χ0v) is 14.9. The summed E-state index contributed by atoms with van der Waals surface area (Å²) in [5, 5.41) is 0. The van der Waals surface area contributed by atoms with Crippen LogP contribution in [0.4, 0.5) is 11.4 Å². The maximum atomic E-state index is 6.31. The number of ether oxygens (including phenoxy) is 2. The van der Waals surface area contributed by atoms with E-state index in [4.69, 9.17) is 9.47 Å². The number of hydrogen-bond acceptors (Lipinski definition) is 3. The van der Waals surface area contributed by atoms with E-state index in [1.54, 1.807) is 0 Å². The van der Waals surface area contributed by atoms with Gasteiger partial charge in [0.2, 0.25) is 0 Å². The molecule has 4 aromatic carbocycles. The van der Waals surface area contributed by atoms with Gasteiger partial charge in [-0.1, -0.05) is 54.6 Å². The zero-order chi connectivity index (χ0) is 18.2. The molecule has 0 fully saturated rings. The molecule has 0 aromatic heterocycles. The van der Waals surface area contributed by atoms with Gasteiger partial charge in [0.1, 0.15) is 17.2 Å². The van der Waals surface area contributed by atoms with E-state index >= 15 is 0 Å². The first kappa shape index (κ1) is 14.4. The lowest BCUT2D eigenvalue weighted by atomic mass is 9.44. The first-order valence-electron chi connectivity index (χ1n) is 9.49. The van der Waals surface area contributed by atoms with Crippen LogP contribution in [0.15, 0.2) is 84.9 Å². The number of hydrogen-bond donors (Lipinski definition) is 0. The summed E-state index contributed by atoms with van der Waals surface area (Å²) in [5.74, 6) is 3.64. The predicted octanol–water partition coefficient (Wildman–Crippen LogP) is 4.82. The van der Waals surface area contributed by atoms with Gasteiger partial charge in [-0.3, -0.25) is 0 Å². The molecule has 3 aliphatic rings. The SMILES string of the molecule is c1ccc2c(c1)Oc1cccc3c1B2N1c2ccccc2Oc2cccc-3c21. The molecule has 0 aliphatic carbocycles. The predicted molar refractivity (Wildman–Crippen MR) is 112 cm³/mol. The topological polar surface area (TPSA) is 21.7 Å². The first-order valence-corrected chi connectivity index (χ1v) is 9.49. The molecule has 7 rings (SSSR count). The molecule has 0 radical (unpaired) electrons. The molecular formula is C24H14BNO2. The van der Waals surface area contributed by atoms with Crippen LogP contribution in [0.1, 0.15) is 0 Å². The molecule has 0 bridgehead atoms. The third-order valence-electron chi connectivity index (χ3n) is 5.91. The van der Waals surface area contributed by atoms with E-state index in [0.717, 1.165) is 34.4 Å². The molecule has 3 nitrogen and oxygen atoms in total. The molecule has 28 heavy (non-hydrogen) atoms. The molecular weight excluding hydrogens is 345 g/mol. The van der Waals surface area contributed by atoms with Crippen molar-refractivity contribution in [2.45, 2.75) is 0 Å². The second-order valence-corrected chi connectivity index (χ2v) is 7.35. The molecule has 0 unspecified atom stereocenters. The molecule has 0 spiro atoms. The normalized spacial score (nSPS) is 14.1. The van der Waals surface area contributed by atoms with Crippen LogP contribution < -0.4 is 25.2 Å². The standard InChI is InChI=1S/C24H14BNO2/c1-3-11-19-17(9-1)25-23-15(7-5-13-21(23)27-19)16-8-6-14-22-24(16)26(25)18-10-2-4-12-20(18)28-22/h1-14H. The fourth-order valence-electron chi connectivity index (χ4n) is 4.81. The van der Waals surface area contributed by atoms with Crippen LogP contribution in [0.3, 0.4) is 0 Å². The summed E-state index contributed by atoms with van der Waals surface area (Å²) in [5.41, 5.74) is 7.02. The summed E-state index contributed by atoms with van der Waals surface area (Å²) in [6.45, 7) is 0.0508. The molecule has 3 aliphatic heterocycles. The molecule has 130 valence electrons. The van der Waals surface area contributed by atoms with E-state index in [1.165, 1.54) is 22.1 Å². The summed E-state index contributed by atoms with van der Waals surface area (Å²) in [6, 6.07) is 29.3. The smallest absolute Gasteiger partial charge is 0.336 e. The molecule has 3 heterocycles. The Balaban J connectivity index is 1.65. The number of rotatable bonds is 0. The summed E-state index contributed by atoms with van der Waals surface area (Å²) in [4.78, 5) is 2.43. The van der Waals surface area contributed by atoms with Gasteiger partial charge >= 0.3 is 6.85 Å². The third kappa shape index (κ3) is 1.66. The lowest BCUT2D eigenvalue weighted by molar-refractivity contribution is 0.476. The van der Waals surface area contributed by atoms with Crippen LogP contribution in [0.2, 0.25) is 0 Å². The van der Waals surface area contributed by atoms with Gasteiger partial charge in [0.25, 0.3) is 0 Å². The first-order chi connectivity index (χ1) is 13.9. The fourth-order valence-corrected chi connectivity index (χ4v) is 4.81. The minimum absolute atomic E-state index is 0.0508. The van der Waals surface area contributed by atoms with Gasteiger partial charge in [0.05, 0.1) is 11.4 Å². The highest BCUT2D eigenvalue weighted by atomic mass is 16.5. The van der Waals surface area contributed by atoms with Gasteiger partial charge in [0, 0.05) is 11.0 Å². The van der Waals surface area contributed by atoms with E-state index in [-0.39, 0.29) is 6.85 Å². The second-order valence-electron chi connectivity index (χ2n) is 7.35. The summed E-state index contributed by atoms with van der Waals surface area (Å²) in [6.07, 6.45) is 0. The quantitative estimate of drug-likeness (QED) is 0.420. The van der Waals surface area contributed by atoms with Crippen molar-refractivity contribution in [2.24, 2.45) is 0 Å². The minimum atomic E-state index is 0.0508. The van der Waals surface area contributed by atoms with Crippen molar-refractivity contribution in [3.05, 3.63) is 84.9 Å². The average Bonchev–Trinajstić information content (AvgIpc) is 2.75. The lowest BCUT2D eigenvalue weighted by Gasteiger charge is -2.44. The molecule has 0 amide bonds. The Morgan fingerprint density at radius 1 is 0.571 bits per heavy atom. The van der Waals surface area contributed by atoms with Crippen molar-refractivity contribution in [1.82, 2.24) is 0 Å². The summed E-state index contributed by atoms with van der Waals surface area (Å²) < 4.78 is 12.6. The fraction of sp³-hybridized carbons (Fsp3) is 0. The van der Waals surface area contributed by atoms with Crippen molar-refractivity contribution in [2.75, 3.05) is 4.81 Å². The van der Waals surface area contributed by atoms with Crippen molar-refractivity contribution in [3.63, 3.8) is 0 Å². The lowest BCUT2D eigenvalue weighted by Crippen LogP contribution is -2.60.